The molecule has 1 aromatic heterocycles. The Bertz CT molecular complexity index is 1080. The molecule has 0 saturated heterocycles. The maximum absolute atomic E-state index is 13.2. The molecule has 2 aromatic carbocycles. The van der Waals surface area contributed by atoms with Gasteiger partial charge in [-0.1, -0.05) is 29.3 Å². The van der Waals surface area contributed by atoms with Crippen LogP contribution in [0.3, 0.4) is 0 Å². The number of aromatic amines is 1. The van der Waals surface area contributed by atoms with Crippen molar-refractivity contribution in [2.24, 2.45) is 0 Å². The second-order valence-electron chi connectivity index (χ2n) is 6.99. The Labute approximate surface area is 148 Å². The van der Waals surface area contributed by atoms with Crippen LogP contribution in [0, 0.1) is 20.8 Å². The average molecular weight is 354 g/mol. The molecule has 1 aliphatic heterocycles. The maximum atomic E-state index is 13.2. The summed E-state index contributed by atoms with van der Waals surface area (Å²) in [5, 5.41) is 1.13. The number of fused-ring (bicyclic) bond motifs is 3. The van der Waals surface area contributed by atoms with Gasteiger partial charge < -0.3 is 4.98 Å². The van der Waals surface area contributed by atoms with Crippen molar-refractivity contribution in [3.05, 3.63) is 64.3 Å². The Morgan fingerprint density at radius 3 is 2.48 bits per heavy atom. The van der Waals surface area contributed by atoms with Gasteiger partial charge in [-0.3, -0.25) is 0 Å². The number of sulfonamides is 1. The molecule has 0 bridgehead atoms. The Hall–Kier alpha value is -2.11. The summed E-state index contributed by atoms with van der Waals surface area (Å²) in [7, 11) is -3.49. The van der Waals surface area contributed by atoms with Crippen molar-refractivity contribution in [3.63, 3.8) is 0 Å². The molecule has 0 radical (unpaired) electrons. The molecule has 2 heterocycles. The number of hydrogen-bond donors (Lipinski definition) is 1. The summed E-state index contributed by atoms with van der Waals surface area (Å²) in [6.45, 7) is 6.84. The predicted octanol–water partition coefficient (Wildman–Crippen LogP) is 3.84. The lowest BCUT2D eigenvalue weighted by atomic mass is 10.0. The van der Waals surface area contributed by atoms with Crippen molar-refractivity contribution >= 4 is 20.9 Å². The zero-order valence-electron chi connectivity index (χ0n) is 14.8. The van der Waals surface area contributed by atoms with E-state index >= 15 is 0 Å². The highest BCUT2D eigenvalue weighted by atomic mass is 32.2. The molecule has 0 fully saturated rings. The number of nitrogens with zero attached hydrogens (tertiary/aromatic N) is 1. The first-order valence-corrected chi connectivity index (χ1v) is 9.98. The molecule has 0 aliphatic carbocycles. The minimum absolute atomic E-state index is 0.414. The van der Waals surface area contributed by atoms with E-state index in [-0.39, 0.29) is 0 Å². The van der Waals surface area contributed by atoms with E-state index in [1.165, 1.54) is 5.56 Å². The first-order chi connectivity index (χ1) is 11.9. The lowest BCUT2D eigenvalue weighted by molar-refractivity contribution is 0.391. The topological polar surface area (TPSA) is 53.2 Å². The second kappa shape index (κ2) is 5.71. The van der Waals surface area contributed by atoms with E-state index in [2.05, 4.69) is 30.1 Å². The third kappa shape index (κ3) is 2.68. The van der Waals surface area contributed by atoms with Gasteiger partial charge in [-0.05, 0) is 50.1 Å². The molecule has 5 heteroatoms. The van der Waals surface area contributed by atoms with Crippen LogP contribution in [-0.4, -0.2) is 24.3 Å². The van der Waals surface area contributed by atoms with Crippen molar-refractivity contribution in [2.45, 2.75) is 38.6 Å². The van der Waals surface area contributed by atoms with Gasteiger partial charge in [-0.25, -0.2) is 8.42 Å². The molecular weight excluding hydrogens is 332 g/mol. The monoisotopic (exact) mass is 354 g/mol. The normalized spacial score (nSPS) is 15.5. The summed E-state index contributed by atoms with van der Waals surface area (Å²) < 4.78 is 28.0. The number of hydrogen-bond acceptors (Lipinski definition) is 2. The molecule has 4 nitrogen and oxygen atoms in total. The zero-order chi connectivity index (χ0) is 17.8. The molecule has 0 saturated carbocycles. The van der Waals surface area contributed by atoms with Crippen molar-refractivity contribution in [3.8, 4) is 0 Å². The van der Waals surface area contributed by atoms with Gasteiger partial charge in [0.1, 0.15) is 0 Å². The van der Waals surface area contributed by atoms with Gasteiger partial charge in [-0.2, -0.15) is 4.31 Å². The number of benzene rings is 2. The molecule has 1 aliphatic rings. The van der Waals surface area contributed by atoms with Gasteiger partial charge >= 0.3 is 0 Å². The third-order valence-electron chi connectivity index (χ3n) is 5.04. The predicted molar refractivity (Wildman–Crippen MR) is 100 cm³/mol. The van der Waals surface area contributed by atoms with Crippen LogP contribution in [-0.2, 0) is 23.0 Å². The van der Waals surface area contributed by atoms with Crippen LogP contribution in [0.15, 0.2) is 41.3 Å². The van der Waals surface area contributed by atoms with Crippen LogP contribution in [0.4, 0.5) is 0 Å². The van der Waals surface area contributed by atoms with E-state index in [1.54, 1.807) is 10.4 Å². The van der Waals surface area contributed by atoms with Crippen molar-refractivity contribution in [1.29, 1.82) is 0 Å². The van der Waals surface area contributed by atoms with Crippen LogP contribution in [0.2, 0.25) is 0 Å². The standard InChI is InChI=1S/C20H22N2O2S/c1-13-5-7-20(15(3)10-13)25(23,24)22-9-8-19-17(12-22)16-11-14(2)4-6-18(16)21-19/h4-7,10-11,21H,8-9,12H2,1-3H3. The largest absolute Gasteiger partial charge is 0.358 e. The van der Waals surface area contributed by atoms with E-state index in [0.29, 0.717) is 24.4 Å². The highest BCUT2D eigenvalue weighted by Gasteiger charge is 2.31. The highest BCUT2D eigenvalue weighted by Crippen LogP contribution is 2.31. The van der Waals surface area contributed by atoms with Crippen LogP contribution in [0.1, 0.15) is 27.9 Å². The Balaban J connectivity index is 1.76. The summed E-state index contributed by atoms with van der Waals surface area (Å²) in [5.74, 6) is 0. The summed E-state index contributed by atoms with van der Waals surface area (Å²) >= 11 is 0. The summed E-state index contributed by atoms with van der Waals surface area (Å²) in [6.07, 6.45) is 0.715. The minimum atomic E-state index is -3.49. The van der Waals surface area contributed by atoms with Crippen molar-refractivity contribution in [2.75, 3.05) is 6.54 Å². The fraction of sp³-hybridized carbons (Fsp3) is 0.300. The Morgan fingerprint density at radius 1 is 1.00 bits per heavy atom. The average Bonchev–Trinajstić information content (AvgIpc) is 2.91. The van der Waals surface area contributed by atoms with Crippen LogP contribution in [0.5, 0.6) is 0 Å². The molecule has 0 unspecified atom stereocenters. The van der Waals surface area contributed by atoms with E-state index < -0.39 is 10.0 Å². The molecule has 0 amide bonds. The number of aromatic nitrogens is 1. The van der Waals surface area contributed by atoms with E-state index in [1.807, 2.05) is 26.0 Å². The van der Waals surface area contributed by atoms with Crippen LogP contribution in [0.25, 0.3) is 10.9 Å². The molecule has 1 N–H and O–H groups in total. The Kier molecular flexibility index (Phi) is 3.74. The molecular formula is C20H22N2O2S. The third-order valence-corrected chi connectivity index (χ3v) is 7.05. The van der Waals surface area contributed by atoms with E-state index in [4.69, 9.17) is 0 Å². The summed E-state index contributed by atoms with van der Waals surface area (Å²) in [6, 6.07) is 11.8. The van der Waals surface area contributed by atoms with Gasteiger partial charge in [0.15, 0.2) is 0 Å². The smallest absolute Gasteiger partial charge is 0.243 e. The first-order valence-electron chi connectivity index (χ1n) is 8.54. The molecule has 25 heavy (non-hydrogen) atoms. The SMILES string of the molecule is Cc1ccc(S(=O)(=O)N2CCc3[nH]c4ccc(C)cc4c3C2)c(C)c1. The number of nitrogens with one attached hydrogen (secondary N) is 1. The van der Waals surface area contributed by atoms with Crippen molar-refractivity contribution in [1.82, 2.24) is 9.29 Å². The van der Waals surface area contributed by atoms with Crippen molar-refractivity contribution < 1.29 is 8.42 Å². The highest BCUT2D eigenvalue weighted by molar-refractivity contribution is 7.89. The molecule has 130 valence electrons. The second-order valence-corrected chi connectivity index (χ2v) is 8.90. The van der Waals surface area contributed by atoms with Crippen LogP contribution >= 0.6 is 0 Å². The Morgan fingerprint density at radius 2 is 1.72 bits per heavy atom. The molecule has 0 atom stereocenters. The number of aryl methyl sites for hydroxylation is 3. The van der Waals surface area contributed by atoms with Gasteiger partial charge in [0, 0.05) is 36.1 Å². The van der Waals surface area contributed by atoms with Crippen LogP contribution < -0.4 is 0 Å². The fourth-order valence-corrected chi connectivity index (χ4v) is 5.35. The van der Waals surface area contributed by atoms with Gasteiger partial charge in [0.05, 0.1) is 4.90 Å². The zero-order valence-corrected chi connectivity index (χ0v) is 15.6. The fourth-order valence-electron chi connectivity index (χ4n) is 3.74. The number of rotatable bonds is 2. The minimum Gasteiger partial charge on any atom is -0.358 e. The quantitative estimate of drug-likeness (QED) is 0.760. The molecule has 3 aromatic rings. The molecule has 4 rings (SSSR count). The lowest BCUT2D eigenvalue weighted by Crippen LogP contribution is -2.36. The van der Waals surface area contributed by atoms with Gasteiger partial charge in [-0.15, -0.1) is 0 Å². The van der Waals surface area contributed by atoms with E-state index in [0.717, 1.165) is 33.3 Å². The summed E-state index contributed by atoms with van der Waals surface area (Å²) in [4.78, 5) is 3.87. The van der Waals surface area contributed by atoms with E-state index in [9.17, 15) is 8.42 Å². The first kappa shape index (κ1) is 16.4. The molecule has 0 spiro atoms. The number of H-pyrrole nitrogens is 1. The van der Waals surface area contributed by atoms with Gasteiger partial charge in [0.2, 0.25) is 10.0 Å². The lowest BCUT2D eigenvalue weighted by Gasteiger charge is -2.27. The summed E-state index contributed by atoms with van der Waals surface area (Å²) in [5.41, 5.74) is 6.42. The van der Waals surface area contributed by atoms with Gasteiger partial charge in [0.25, 0.3) is 0 Å². The maximum Gasteiger partial charge on any atom is 0.243 e.